The summed E-state index contributed by atoms with van der Waals surface area (Å²) in [5, 5.41) is 0.398. The SMILES string of the molecule is CC(=O)C1([C@@H]2CCC[C@H](c3cc(F)cc(F)c3)N2S(=O)(=O)c2ccc(Cl)cc2)CC1. The first-order valence-electron chi connectivity index (χ1n) is 9.91. The van der Waals surface area contributed by atoms with E-state index in [2.05, 4.69) is 0 Å². The quantitative estimate of drug-likeness (QED) is 0.619. The van der Waals surface area contributed by atoms with Crippen LogP contribution in [0.1, 0.15) is 50.6 Å². The fraction of sp³-hybridized carbons (Fsp3) is 0.409. The Morgan fingerprint density at radius 1 is 1.07 bits per heavy atom. The van der Waals surface area contributed by atoms with Gasteiger partial charge in [-0.1, -0.05) is 11.6 Å². The number of hydrogen-bond acceptors (Lipinski definition) is 3. The Morgan fingerprint density at radius 3 is 2.20 bits per heavy atom. The van der Waals surface area contributed by atoms with Crippen LogP contribution in [0.3, 0.4) is 0 Å². The van der Waals surface area contributed by atoms with Crippen molar-refractivity contribution in [3.63, 3.8) is 0 Å². The molecule has 1 aliphatic heterocycles. The van der Waals surface area contributed by atoms with Gasteiger partial charge in [0.25, 0.3) is 0 Å². The van der Waals surface area contributed by atoms with E-state index in [9.17, 15) is 22.0 Å². The van der Waals surface area contributed by atoms with Crippen LogP contribution in [0.15, 0.2) is 47.4 Å². The second kappa shape index (κ2) is 7.70. The summed E-state index contributed by atoms with van der Waals surface area (Å²) in [4.78, 5) is 12.5. The molecule has 4 rings (SSSR count). The smallest absolute Gasteiger partial charge is 0.243 e. The summed E-state index contributed by atoms with van der Waals surface area (Å²) in [6.07, 6.45) is 2.84. The van der Waals surface area contributed by atoms with E-state index >= 15 is 0 Å². The largest absolute Gasteiger partial charge is 0.299 e. The molecule has 2 aliphatic rings. The first kappa shape index (κ1) is 21.4. The van der Waals surface area contributed by atoms with Crippen molar-refractivity contribution in [2.24, 2.45) is 5.41 Å². The van der Waals surface area contributed by atoms with E-state index in [-0.39, 0.29) is 16.2 Å². The van der Waals surface area contributed by atoms with Crippen LogP contribution in [0.2, 0.25) is 5.02 Å². The fourth-order valence-electron chi connectivity index (χ4n) is 4.70. The number of nitrogens with zero attached hydrogens (tertiary/aromatic N) is 1. The van der Waals surface area contributed by atoms with Gasteiger partial charge in [0.15, 0.2) is 0 Å². The van der Waals surface area contributed by atoms with Gasteiger partial charge in [0.1, 0.15) is 17.4 Å². The van der Waals surface area contributed by atoms with E-state index in [4.69, 9.17) is 11.6 Å². The summed E-state index contributed by atoms with van der Waals surface area (Å²) < 4.78 is 56.8. The van der Waals surface area contributed by atoms with Crippen molar-refractivity contribution in [3.8, 4) is 0 Å². The van der Waals surface area contributed by atoms with Crippen LogP contribution in [0.4, 0.5) is 8.78 Å². The normalized spacial score (nSPS) is 23.9. The van der Waals surface area contributed by atoms with E-state index in [1.165, 1.54) is 47.6 Å². The highest BCUT2D eigenvalue weighted by Gasteiger charge is 2.59. The summed E-state index contributed by atoms with van der Waals surface area (Å²) in [7, 11) is -4.05. The molecule has 8 heteroatoms. The third-order valence-electron chi connectivity index (χ3n) is 6.36. The van der Waals surface area contributed by atoms with Crippen LogP contribution in [0.25, 0.3) is 0 Å². The van der Waals surface area contributed by atoms with Crippen molar-refractivity contribution in [1.82, 2.24) is 4.31 Å². The summed E-state index contributed by atoms with van der Waals surface area (Å²) in [6.45, 7) is 1.49. The Labute approximate surface area is 179 Å². The first-order valence-corrected chi connectivity index (χ1v) is 11.7. The molecular weight excluding hydrogens is 432 g/mol. The lowest BCUT2D eigenvalue weighted by atomic mass is 9.83. The number of rotatable bonds is 5. The summed E-state index contributed by atoms with van der Waals surface area (Å²) in [6, 6.07) is 7.61. The Balaban J connectivity index is 1.87. The van der Waals surface area contributed by atoms with Crippen LogP contribution in [-0.2, 0) is 14.8 Å². The number of hydrogen-bond donors (Lipinski definition) is 0. The highest BCUT2D eigenvalue weighted by atomic mass is 35.5. The molecule has 2 fully saturated rings. The van der Waals surface area contributed by atoms with E-state index in [0.717, 1.165) is 6.07 Å². The molecule has 2 aromatic carbocycles. The van der Waals surface area contributed by atoms with Gasteiger partial charge in [0.05, 0.1) is 10.9 Å². The lowest BCUT2D eigenvalue weighted by Crippen LogP contribution is -2.51. The van der Waals surface area contributed by atoms with Gasteiger partial charge in [-0.3, -0.25) is 4.79 Å². The van der Waals surface area contributed by atoms with Crippen molar-refractivity contribution < 1.29 is 22.0 Å². The number of ketones is 1. The van der Waals surface area contributed by atoms with Crippen LogP contribution in [0, 0.1) is 17.0 Å². The second-order valence-electron chi connectivity index (χ2n) is 8.17. The molecule has 0 radical (unpaired) electrons. The van der Waals surface area contributed by atoms with E-state index in [0.29, 0.717) is 37.1 Å². The minimum Gasteiger partial charge on any atom is -0.299 e. The zero-order valence-corrected chi connectivity index (χ0v) is 18.0. The molecule has 160 valence electrons. The minimum absolute atomic E-state index is 0.0417. The maximum Gasteiger partial charge on any atom is 0.243 e. The van der Waals surface area contributed by atoms with E-state index in [1.54, 1.807) is 0 Å². The average Bonchev–Trinajstić information content (AvgIpc) is 3.49. The van der Waals surface area contributed by atoms with Gasteiger partial charge in [-0.05, 0) is 81.0 Å². The van der Waals surface area contributed by atoms with E-state index in [1.807, 2.05) is 0 Å². The van der Waals surface area contributed by atoms with Gasteiger partial charge >= 0.3 is 0 Å². The molecule has 30 heavy (non-hydrogen) atoms. The van der Waals surface area contributed by atoms with Crippen molar-refractivity contribution >= 4 is 27.4 Å². The van der Waals surface area contributed by atoms with Crippen molar-refractivity contribution in [3.05, 3.63) is 64.7 Å². The minimum atomic E-state index is -4.05. The standard InChI is InChI=1S/C22H22ClF2NO3S/c1-14(27)22(9-10-22)21-4-2-3-20(15-11-17(24)13-18(25)12-15)26(21)30(28,29)19-7-5-16(23)6-8-19/h5-8,11-13,20-21H,2-4,9-10H2,1H3/t20-,21+/m1/s1. The van der Waals surface area contributed by atoms with Crippen LogP contribution in [0.5, 0.6) is 0 Å². The molecule has 1 saturated heterocycles. The molecule has 4 nitrogen and oxygen atoms in total. The summed E-state index contributed by atoms with van der Waals surface area (Å²) in [5.74, 6) is -1.57. The van der Waals surface area contributed by atoms with Crippen molar-refractivity contribution in [2.75, 3.05) is 0 Å². The third kappa shape index (κ3) is 3.67. The van der Waals surface area contributed by atoms with Gasteiger partial charge in [-0.15, -0.1) is 0 Å². The highest BCUT2D eigenvalue weighted by Crippen LogP contribution is 2.57. The predicted molar refractivity (Wildman–Crippen MR) is 110 cm³/mol. The first-order chi connectivity index (χ1) is 14.1. The zero-order chi connectivity index (χ0) is 21.7. The summed E-state index contributed by atoms with van der Waals surface area (Å²) in [5.41, 5.74) is -0.474. The Hall–Kier alpha value is -1.83. The number of carbonyl (C=O) groups excluding carboxylic acids is 1. The van der Waals surface area contributed by atoms with Crippen molar-refractivity contribution in [1.29, 1.82) is 0 Å². The van der Waals surface area contributed by atoms with Gasteiger partial charge < -0.3 is 0 Å². The third-order valence-corrected chi connectivity index (χ3v) is 8.54. The molecule has 0 aromatic heterocycles. The molecule has 0 N–H and O–H groups in total. The van der Waals surface area contributed by atoms with Crippen molar-refractivity contribution in [2.45, 2.75) is 56.0 Å². The lowest BCUT2D eigenvalue weighted by Gasteiger charge is -2.44. The van der Waals surface area contributed by atoms with Gasteiger partial charge in [-0.25, -0.2) is 17.2 Å². The molecule has 0 unspecified atom stereocenters. The number of Topliss-reactive ketones (excluding diaryl/α,β-unsaturated/α-hetero) is 1. The molecule has 0 spiro atoms. The molecule has 1 saturated carbocycles. The molecule has 1 aliphatic carbocycles. The van der Waals surface area contributed by atoms with Gasteiger partial charge in [-0.2, -0.15) is 4.31 Å². The maximum atomic E-state index is 14.0. The predicted octanol–water partition coefficient (Wildman–Crippen LogP) is 5.27. The number of carbonyl (C=O) groups is 1. The average molecular weight is 454 g/mol. The number of piperidine rings is 1. The molecule has 2 atom stereocenters. The highest BCUT2D eigenvalue weighted by molar-refractivity contribution is 7.89. The van der Waals surface area contributed by atoms with Crippen LogP contribution in [-0.4, -0.2) is 24.5 Å². The molecule has 1 heterocycles. The molecule has 2 aromatic rings. The lowest BCUT2D eigenvalue weighted by molar-refractivity contribution is -0.124. The van der Waals surface area contributed by atoms with Crippen LogP contribution >= 0.6 is 11.6 Å². The molecular formula is C22H22ClF2NO3S. The van der Waals surface area contributed by atoms with Gasteiger partial charge in [0, 0.05) is 22.5 Å². The number of sulfonamides is 1. The topological polar surface area (TPSA) is 54.5 Å². The van der Waals surface area contributed by atoms with Gasteiger partial charge in [0.2, 0.25) is 10.0 Å². The fourth-order valence-corrected chi connectivity index (χ4v) is 6.75. The molecule has 0 amide bonds. The second-order valence-corrected chi connectivity index (χ2v) is 10.4. The Kier molecular flexibility index (Phi) is 5.49. The maximum absolute atomic E-state index is 14.0. The number of halogens is 3. The van der Waals surface area contributed by atoms with Crippen LogP contribution < -0.4 is 0 Å². The number of benzene rings is 2. The van der Waals surface area contributed by atoms with E-state index < -0.39 is 39.2 Å². The Bertz CT molecular complexity index is 1060. The monoisotopic (exact) mass is 453 g/mol. The Morgan fingerprint density at radius 2 is 1.67 bits per heavy atom. The summed E-state index contributed by atoms with van der Waals surface area (Å²) >= 11 is 5.92. The zero-order valence-electron chi connectivity index (χ0n) is 16.4. The molecule has 0 bridgehead atoms.